The second kappa shape index (κ2) is 5.58. The van der Waals surface area contributed by atoms with Gasteiger partial charge in [-0.2, -0.15) is 4.98 Å². The van der Waals surface area contributed by atoms with Gasteiger partial charge < -0.3 is 9.84 Å². The molecular weight excluding hydrogens is 296 g/mol. The maximum absolute atomic E-state index is 12.3. The quantitative estimate of drug-likeness (QED) is 0.857. The van der Waals surface area contributed by atoms with Gasteiger partial charge in [0.15, 0.2) is 5.82 Å². The summed E-state index contributed by atoms with van der Waals surface area (Å²) in [5, 5.41) is 7.24. The Hall–Kier alpha value is -2.54. The molecule has 7 nitrogen and oxygen atoms in total. The molecule has 4 rings (SSSR count). The molecular formula is C16H16N4O3. The Morgan fingerprint density at radius 3 is 2.61 bits per heavy atom. The maximum Gasteiger partial charge on any atom is 0.261 e. The van der Waals surface area contributed by atoms with Crippen LogP contribution in [0.5, 0.6) is 0 Å². The van der Waals surface area contributed by atoms with E-state index in [0.29, 0.717) is 29.3 Å². The third-order valence-corrected chi connectivity index (χ3v) is 4.28. The van der Waals surface area contributed by atoms with E-state index in [0.717, 1.165) is 19.4 Å². The lowest BCUT2D eigenvalue weighted by Gasteiger charge is -2.11. The van der Waals surface area contributed by atoms with Gasteiger partial charge in [-0.25, -0.2) is 0 Å². The van der Waals surface area contributed by atoms with Crippen LogP contribution in [0.4, 0.5) is 0 Å². The summed E-state index contributed by atoms with van der Waals surface area (Å²) in [6.45, 7) is 1.21. The van der Waals surface area contributed by atoms with Gasteiger partial charge in [0.1, 0.15) is 0 Å². The monoisotopic (exact) mass is 312 g/mol. The Labute approximate surface area is 132 Å². The fraction of sp³-hybridized carbons (Fsp3) is 0.375. The molecule has 1 aromatic heterocycles. The molecule has 1 aromatic carbocycles. The van der Waals surface area contributed by atoms with Crippen LogP contribution < -0.4 is 5.32 Å². The molecule has 0 spiro atoms. The molecule has 1 N–H and O–H groups in total. The molecule has 3 heterocycles. The minimum atomic E-state index is -0.258. The van der Waals surface area contributed by atoms with Crippen molar-refractivity contribution in [1.82, 2.24) is 20.4 Å². The van der Waals surface area contributed by atoms with E-state index in [1.807, 2.05) is 0 Å². The number of aromatic nitrogens is 2. The molecule has 1 saturated heterocycles. The zero-order chi connectivity index (χ0) is 15.8. The fourth-order valence-corrected chi connectivity index (χ4v) is 3.06. The number of amides is 2. The fourth-order valence-electron chi connectivity index (χ4n) is 3.06. The van der Waals surface area contributed by atoms with Gasteiger partial charge >= 0.3 is 0 Å². The predicted molar refractivity (Wildman–Crippen MR) is 79.8 cm³/mol. The van der Waals surface area contributed by atoms with Gasteiger partial charge in [0.2, 0.25) is 5.89 Å². The molecule has 1 unspecified atom stereocenters. The van der Waals surface area contributed by atoms with E-state index in [9.17, 15) is 9.59 Å². The van der Waals surface area contributed by atoms with Gasteiger partial charge in [0, 0.05) is 13.0 Å². The molecule has 23 heavy (non-hydrogen) atoms. The molecule has 1 fully saturated rings. The molecule has 2 aliphatic rings. The van der Waals surface area contributed by atoms with Gasteiger partial charge in [-0.05, 0) is 31.5 Å². The molecule has 0 radical (unpaired) electrons. The highest BCUT2D eigenvalue weighted by atomic mass is 16.5. The summed E-state index contributed by atoms with van der Waals surface area (Å²) in [5.41, 5.74) is 0.919. The number of hydrogen-bond acceptors (Lipinski definition) is 6. The van der Waals surface area contributed by atoms with Crippen molar-refractivity contribution in [3.8, 4) is 0 Å². The number of benzene rings is 1. The zero-order valence-electron chi connectivity index (χ0n) is 12.5. The predicted octanol–water partition coefficient (Wildman–Crippen LogP) is 1.33. The van der Waals surface area contributed by atoms with E-state index in [4.69, 9.17) is 4.52 Å². The Bertz CT molecular complexity index is 729. The highest BCUT2D eigenvalue weighted by molar-refractivity contribution is 6.21. The van der Waals surface area contributed by atoms with Crippen LogP contribution in [0.1, 0.15) is 51.3 Å². The van der Waals surface area contributed by atoms with Crippen molar-refractivity contribution >= 4 is 11.8 Å². The normalized spacial score (nSPS) is 20.3. The third-order valence-electron chi connectivity index (χ3n) is 4.28. The van der Waals surface area contributed by atoms with Crippen LogP contribution in [0.2, 0.25) is 0 Å². The number of hydrogen-bond donors (Lipinski definition) is 1. The standard InChI is InChI=1S/C16H16N4O3/c21-15-10-4-1-2-5-11(10)16(22)20(15)9-7-13-18-14(23-19-13)12-6-3-8-17-12/h1-2,4-5,12,17H,3,6-9H2. The lowest BCUT2D eigenvalue weighted by molar-refractivity contribution is 0.0655. The topological polar surface area (TPSA) is 88.3 Å². The number of fused-ring (bicyclic) bond motifs is 1. The lowest BCUT2D eigenvalue weighted by Crippen LogP contribution is -2.31. The van der Waals surface area contributed by atoms with Crippen molar-refractivity contribution in [1.29, 1.82) is 0 Å². The first-order valence-electron chi connectivity index (χ1n) is 7.75. The summed E-state index contributed by atoms with van der Waals surface area (Å²) in [6, 6.07) is 6.98. The van der Waals surface area contributed by atoms with E-state index in [2.05, 4.69) is 15.5 Å². The number of rotatable bonds is 4. The Balaban J connectivity index is 1.44. The number of carbonyl (C=O) groups excluding carboxylic acids is 2. The first-order valence-corrected chi connectivity index (χ1v) is 7.75. The first kappa shape index (κ1) is 14.1. The molecule has 2 aliphatic heterocycles. The SMILES string of the molecule is O=C1c2ccccc2C(=O)N1CCc1noc(C2CCCN2)n1. The molecule has 7 heteroatoms. The van der Waals surface area contributed by atoms with Gasteiger partial charge in [-0.3, -0.25) is 14.5 Å². The Morgan fingerprint density at radius 1 is 1.22 bits per heavy atom. The molecule has 0 bridgehead atoms. The molecule has 0 aliphatic carbocycles. The Kier molecular flexibility index (Phi) is 3.42. The van der Waals surface area contributed by atoms with Crippen molar-refractivity contribution in [2.75, 3.05) is 13.1 Å². The first-order chi connectivity index (χ1) is 11.2. The average Bonchev–Trinajstić information content (AvgIpc) is 3.29. The van der Waals surface area contributed by atoms with Gasteiger partial charge in [-0.1, -0.05) is 17.3 Å². The smallest absolute Gasteiger partial charge is 0.261 e. The minimum Gasteiger partial charge on any atom is -0.338 e. The van der Waals surface area contributed by atoms with Gasteiger partial charge in [-0.15, -0.1) is 0 Å². The van der Waals surface area contributed by atoms with Crippen molar-refractivity contribution in [2.24, 2.45) is 0 Å². The van der Waals surface area contributed by atoms with Crippen LogP contribution in [0, 0.1) is 0 Å². The van der Waals surface area contributed by atoms with Crippen molar-refractivity contribution < 1.29 is 14.1 Å². The van der Waals surface area contributed by atoms with Crippen LogP contribution in [0.25, 0.3) is 0 Å². The number of carbonyl (C=O) groups is 2. The van der Waals surface area contributed by atoms with Gasteiger partial charge in [0.05, 0.1) is 17.2 Å². The summed E-state index contributed by atoms with van der Waals surface area (Å²) < 4.78 is 5.27. The average molecular weight is 312 g/mol. The van der Waals surface area contributed by atoms with Crippen LogP contribution >= 0.6 is 0 Å². The summed E-state index contributed by atoms with van der Waals surface area (Å²) in [5.74, 6) is 0.587. The van der Waals surface area contributed by atoms with Crippen LogP contribution in [0.15, 0.2) is 28.8 Å². The molecule has 118 valence electrons. The minimum absolute atomic E-state index is 0.121. The van der Waals surface area contributed by atoms with Crippen LogP contribution in [-0.2, 0) is 6.42 Å². The molecule has 2 amide bonds. The molecule has 0 saturated carbocycles. The highest BCUT2D eigenvalue weighted by Crippen LogP contribution is 2.23. The second-order valence-electron chi connectivity index (χ2n) is 5.76. The second-order valence-corrected chi connectivity index (χ2v) is 5.76. The van der Waals surface area contributed by atoms with E-state index < -0.39 is 0 Å². The highest BCUT2D eigenvalue weighted by Gasteiger charge is 2.35. The number of nitrogens with one attached hydrogen (secondary N) is 1. The summed E-state index contributed by atoms with van der Waals surface area (Å²) in [7, 11) is 0. The summed E-state index contributed by atoms with van der Waals surface area (Å²) in [6.07, 6.45) is 2.47. The maximum atomic E-state index is 12.3. The zero-order valence-corrected chi connectivity index (χ0v) is 12.5. The van der Waals surface area contributed by atoms with Crippen LogP contribution in [-0.4, -0.2) is 39.9 Å². The van der Waals surface area contributed by atoms with Crippen LogP contribution in [0.3, 0.4) is 0 Å². The van der Waals surface area contributed by atoms with Crippen molar-refractivity contribution in [3.05, 3.63) is 47.1 Å². The largest absolute Gasteiger partial charge is 0.338 e. The van der Waals surface area contributed by atoms with E-state index >= 15 is 0 Å². The van der Waals surface area contributed by atoms with Gasteiger partial charge in [0.25, 0.3) is 11.8 Å². The summed E-state index contributed by atoms with van der Waals surface area (Å²) >= 11 is 0. The van der Waals surface area contributed by atoms with E-state index in [-0.39, 0.29) is 24.4 Å². The lowest BCUT2D eigenvalue weighted by atomic mass is 10.1. The Morgan fingerprint density at radius 2 is 1.96 bits per heavy atom. The molecule has 2 aromatic rings. The van der Waals surface area contributed by atoms with E-state index in [1.165, 1.54) is 4.90 Å². The van der Waals surface area contributed by atoms with Crippen molar-refractivity contribution in [2.45, 2.75) is 25.3 Å². The van der Waals surface area contributed by atoms with Crippen molar-refractivity contribution in [3.63, 3.8) is 0 Å². The number of nitrogens with zero attached hydrogens (tertiary/aromatic N) is 3. The van der Waals surface area contributed by atoms with E-state index in [1.54, 1.807) is 24.3 Å². The third kappa shape index (κ3) is 2.43. The number of imide groups is 1. The molecule has 1 atom stereocenters. The summed E-state index contributed by atoms with van der Waals surface area (Å²) in [4.78, 5) is 30.2.